The number of nitrogens with one attached hydrogen (secondary N) is 2. The average Bonchev–Trinajstić information content (AvgIpc) is 3.03. The number of nitrogens with zero attached hydrogens (tertiary/aromatic N) is 3. The van der Waals surface area contributed by atoms with Crippen LogP contribution in [0.15, 0.2) is 41.0 Å². The number of hydrogen-bond acceptors (Lipinski definition) is 3. The predicted octanol–water partition coefficient (Wildman–Crippen LogP) is 4.72. The number of amides is 2. The molecule has 28 heavy (non-hydrogen) atoms. The lowest BCUT2D eigenvalue weighted by atomic mass is 10.1. The minimum atomic E-state index is -4.57. The molecule has 0 aliphatic rings. The topological polar surface area (TPSA) is 71.3 Å². The Morgan fingerprint density at radius 2 is 2.04 bits per heavy atom. The van der Waals surface area contributed by atoms with E-state index in [2.05, 4.69) is 36.8 Å². The summed E-state index contributed by atoms with van der Waals surface area (Å²) in [5.74, 6) is 0.117. The molecular weight excluding hydrogens is 463 g/mol. The van der Waals surface area contributed by atoms with Crippen LogP contribution in [0.5, 0.6) is 0 Å². The molecule has 0 aliphatic heterocycles. The highest BCUT2D eigenvalue weighted by Crippen LogP contribution is 2.32. The summed E-state index contributed by atoms with van der Waals surface area (Å²) in [4.78, 5) is 12.2. The fourth-order valence-corrected chi connectivity index (χ4v) is 3.46. The van der Waals surface area contributed by atoms with E-state index in [1.54, 1.807) is 0 Å². The van der Waals surface area contributed by atoms with E-state index >= 15 is 0 Å². The van der Waals surface area contributed by atoms with Crippen LogP contribution >= 0.6 is 27.5 Å². The first kappa shape index (κ1) is 20.4. The standard InChI is InChI=1S/C17H14BrClF3N5O/c1-9(11-4-2-3-5-12(11)18)24-16(28)23-7-14-25-26-15-13(19)6-10(8-27(14)15)17(20,21)22/h2-6,8-9H,7H2,1H3,(H2,23,24,28)/t9-/m1/s1. The van der Waals surface area contributed by atoms with Crippen molar-refractivity contribution in [2.45, 2.75) is 25.7 Å². The fraction of sp³-hybridized carbons (Fsp3) is 0.235. The van der Waals surface area contributed by atoms with Crippen molar-refractivity contribution in [3.05, 3.63) is 63.0 Å². The number of fused-ring (bicyclic) bond motifs is 1. The van der Waals surface area contributed by atoms with Gasteiger partial charge in [-0.15, -0.1) is 10.2 Å². The van der Waals surface area contributed by atoms with Crippen molar-refractivity contribution >= 4 is 39.2 Å². The molecule has 6 nitrogen and oxygen atoms in total. The average molecular weight is 477 g/mol. The van der Waals surface area contributed by atoms with Crippen LogP contribution in [0.4, 0.5) is 18.0 Å². The maximum atomic E-state index is 13.0. The van der Waals surface area contributed by atoms with E-state index in [1.165, 1.54) is 0 Å². The number of pyridine rings is 1. The number of benzene rings is 1. The third kappa shape index (κ3) is 4.39. The Kier molecular flexibility index (Phi) is 5.80. The molecular formula is C17H14BrClF3N5O. The lowest BCUT2D eigenvalue weighted by Crippen LogP contribution is -2.37. The van der Waals surface area contributed by atoms with E-state index in [0.29, 0.717) is 0 Å². The molecule has 11 heteroatoms. The Morgan fingerprint density at radius 3 is 2.71 bits per heavy atom. The van der Waals surface area contributed by atoms with Gasteiger partial charge < -0.3 is 10.6 Å². The molecule has 0 aliphatic carbocycles. The largest absolute Gasteiger partial charge is 0.417 e. The van der Waals surface area contributed by atoms with E-state index in [9.17, 15) is 18.0 Å². The number of urea groups is 1. The van der Waals surface area contributed by atoms with Crippen molar-refractivity contribution < 1.29 is 18.0 Å². The summed E-state index contributed by atoms with van der Waals surface area (Å²) in [6.45, 7) is 1.68. The third-order valence-electron chi connectivity index (χ3n) is 3.98. The van der Waals surface area contributed by atoms with Crippen LogP contribution < -0.4 is 10.6 Å². The molecule has 2 aromatic heterocycles. The van der Waals surface area contributed by atoms with Gasteiger partial charge in [-0.3, -0.25) is 4.40 Å². The number of rotatable bonds is 4. The lowest BCUT2D eigenvalue weighted by molar-refractivity contribution is -0.137. The molecule has 2 N–H and O–H groups in total. The van der Waals surface area contributed by atoms with Gasteiger partial charge in [0.1, 0.15) is 0 Å². The van der Waals surface area contributed by atoms with Crippen LogP contribution in [0, 0.1) is 0 Å². The minimum absolute atomic E-state index is 0.0773. The second-order valence-corrected chi connectivity index (χ2v) is 7.22. The van der Waals surface area contributed by atoms with Gasteiger partial charge in [0.25, 0.3) is 0 Å². The van der Waals surface area contributed by atoms with Crippen LogP contribution in [-0.2, 0) is 12.7 Å². The summed E-state index contributed by atoms with van der Waals surface area (Å²) < 4.78 is 40.9. The third-order valence-corrected chi connectivity index (χ3v) is 4.98. The van der Waals surface area contributed by atoms with E-state index in [1.807, 2.05) is 31.2 Å². The Hall–Kier alpha value is -2.33. The zero-order chi connectivity index (χ0) is 20.5. The van der Waals surface area contributed by atoms with Gasteiger partial charge in [-0.05, 0) is 24.6 Å². The van der Waals surface area contributed by atoms with Crippen LogP contribution in [0.3, 0.4) is 0 Å². The number of halogens is 5. The Labute approximate surface area is 171 Å². The summed E-state index contributed by atoms with van der Waals surface area (Å²) >= 11 is 9.28. The van der Waals surface area contributed by atoms with Crippen molar-refractivity contribution in [3.63, 3.8) is 0 Å². The maximum Gasteiger partial charge on any atom is 0.417 e. The molecule has 0 saturated carbocycles. The second-order valence-electron chi connectivity index (χ2n) is 5.95. The van der Waals surface area contributed by atoms with Crippen LogP contribution in [0.25, 0.3) is 5.65 Å². The molecule has 3 rings (SSSR count). The minimum Gasteiger partial charge on any atom is -0.332 e. The summed E-state index contributed by atoms with van der Waals surface area (Å²) in [5.41, 5.74) is 0.0266. The highest BCUT2D eigenvalue weighted by atomic mass is 79.9. The number of alkyl halides is 3. The maximum absolute atomic E-state index is 13.0. The van der Waals surface area contributed by atoms with Crippen LogP contribution in [0.1, 0.15) is 29.9 Å². The van der Waals surface area contributed by atoms with Gasteiger partial charge in [0, 0.05) is 10.7 Å². The van der Waals surface area contributed by atoms with Crippen molar-refractivity contribution in [2.75, 3.05) is 0 Å². The van der Waals surface area contributed by atoms with Gasteiger partial charge in [-0.1, -0.05) is 45.7 Å². The van der Waals surface area contributed by atoms with Crippen molar-refractivity contribution in [1.29, 1.82) is 0 Å². The van der Waals surface area contributed by atoms with E-state index in [4.69, 9.17) is 11.6 Å². The normalized spacial score (nSPS) is 12.8. The van der Waals surface area contributed by atoms with Gasteiger partial charge in [0.2, 0.25) is 0 Å². The zero-order valence-corrected chi connectivity index (χ0v) is 16.7. The van der Waals surface area contributed by atoms with Gasteiger partial charge in [0.05, 0.1) is 23.2 Å². The molecule has 0 fully saturated rings. The molecule has 0 saturated heterocycles. The monoisotopic (exact) mass is 475 g/mol. The van der Waals surface area contributed by atoms with Gasteiger partial charge >= 0.3 is 12.2 Å². The molecule has 2 heterocycles. The Bertz CT molecular complexity index is 1020. The highest BCUT2D eigenvalue weighted by Gasteiger charge is 2.32. The Morgan fingerprint density at radius 1 is 1.32 bits per heavy atom. The first-order valence-corrected chi connectivity index (χ1v) is 9.23. The summed E-state index contributed by atoms with van der Waals surface area (Å²) in [7, 11) is 0. The molecule has 2 amide bonds. The summed E-state index contributed by atoms with van der Waals surface area (Å²) in [5, 5.41) is 12.7. The van der Waals surface area contributed by atoms with Gasteiger partial charge in [-0.25, -0.2) is 4.79 Å². The fourth-order valence-electron chi connectivity index (χ4n) is 2.59. The zero-order valence-electron chi connectivity index (χ0n) is 14.4. The molecule has 1 aromatic carbocycles. The smallest absolute Gasteiger partial charge is 0.332 e. The van der Waals surface area contributed by atoms with Crippen molar-refractivity contribution in [2.24, 2.45) is 0 Å². The van der Waals surface area contributed by atoms with Crippen molar-refractivity contribution in [3.8, 4) is 0 Å². The van der Waals surface area contributed by atoms with Crippen LogP contribution in [0.2, 0.25) is 5.02 Å². The van der Waals surface area contributed by atoms with Crippen molar-refractivity contribution in [1.82, 2.24) is 25.2 Å². The quantitative estimate of drug-likeness (QED) is 0.572. The highest BCUT2D eigenvalue weighted by molar-refractivity contribution is 9.10. The predicted molar refractivity (Wildman–Crippen MR) is 101 cm³/mol. The van der Waals surface area contributed by atoms with E-state index in [0.717, 1.165) is 26.7 Å². The first-order valence-electron chi connectivity index (χ1n) is 8.06. The SMILES string of the molecule is C[C@@H](NC(=O)NCc1nnc2c(Cl)cc(C(F)(F)F)cn12)c1ccccc1Br. The molecule has 0 spiro atoms. The van der Waals surface area contributed by atoms with Crippen LogP contribution in [-0.4, -0.2) is 20.6 Å². The molecule has 148 valence electrons. The molecule has 0 bridgehead atoms. The summed E-state index contributed by atoms with van der Waals surface area (Å²) in [6.07, 6.45) is -3.72. The summed E-state index contributed by atoms with van der Waals surface area (Å²) in [6, 6.07) is 7.42. The second kappa shape index (κ2) is 7.96. The molecule has 0 unspecified atom stereocenters. The lowest BCUT2D eigenvalue weighted by Gasteiger charge is -2.16. The number of hydrogen-bond donors (Lipinski definition) is 2. The van der Waals surface area contributed by atoms with E-state index in [-0.39, 0.29) is 29.1 Å². The van der Waals surface area contributed by atoms with Gasteiger partial charge in [-0.2, -0.15) is 13.2 Å². The number of carbonyl (C=O) groups excluding carboxylic acids is 1. The number of carbonyl (C=O) groups is 1. The molecule has 3 aromatic rings. The molecule has 1 atom stereocenters. The van der Waals surface area contributed by atoms with Gasteiger partial charge in [0.15, 0.2) is 11.5 Å². The Balaban J connectivity index is 1.72. The first-order chi connectivity index (χ1) is 13.2. The number of aromatic nitrogens is 3. The van der Waals surface area contributed by atoms with E-state index < -0.39 is 17.8 Å². The molecule has 0 radical (unpaired) electrons.